The number of likely N-dealkylation sites (tertiary alicyclic amines) is 1. The Morgan fingerprint density at radius 3 is 2.67 bits per heavy atom. The predicted octanol–water partition coefficient (Wildman–Crippen LogP) is 3.65. The number of nitrogens with zero attached hydrogens (tertiary/aromatic N) is 4. The number of aryl methyl sites for hydroxylation is 1. The van der Waals surface area contributed by atoms with E-state index in [0.717, 1.165) is 21.7 Å². The highest BCUT2D eigenvalue weighted by molar-refractivity contribution is 7.09. The Labute approximate surface area is 197 Å². The lowest BCUT2D eigenvalue weighted by atomic mass is 9.74. The smallest absolute Gasteiger partial charge is 0.241 e. The maximum absolute atomic E-state index is 13.9. The molecule has 3 aromatic rings. The molecule has 0 bridgehead atoms. The summed E-state index contributed by atoms with van der Waals surface area (Å²) >= 11 is 1.48. The number of thiazole rings is 1. The second kappa shape index (κ2) is 9.23. The zero-order valence-electron chi connectivity index (χ0n) is 18.9. The Morgan fingerprint density at radius 1 is 1.21 bits per heavy atom. The van der Waals surface area contributed by atoms with Crippen LogP contribution in [0.25, 0.3) is 0 Å². The lowest BCUT2D eigenvalue weighted by Gasteiger charge is -2.32. The fourth-order valence-electron chi connectivity index (χ4n) is 4.39. The van der Waals surface area contributed by atoms with E-state index in [2.05, 4.69) is 9.97 Å². The summed E-state index contributed by atoms with van der Waals surface area (Å²) in [7, 11) is 1.72. The van der Waals surface area contributed by atoms with Crippen LogP contribution >= 0.6 is 11.3 Å². The highest BCUT2D eigenvalue weighted by Crippen LogP contribution is 2.42. The highest BCUT2D eigenvalue weighted by atomic mass is 32.1. The highest BCUT2D eigenvalue weighted by Gasteiger charge is 2.54. The number of pyridine rings is 1. The van der Waals surface area contributed by atoms with Crippen LogP contribution in [-0.2, 0) is 26.3 Å². The Kier molecular flexibility index (Phi) is 6.37. The minimum Gasteiger partial charge on any atom is -0.337 e. The van der Waals surface area contributed by atoms with Crippen LogP contribution in [0.15, 0.2) is 60.4 Å². The first-order chi connectivity index (χ1) is 15.8. The standard InChI is InChI=1S/C25H26N4O3S/c1-17-7-4-5-9-20(17)25(13-21(30)28(3)18(2)23-27-11-12-33-23)14-22(31)29(24(25)32)16-19-8-6-10-26-15-19/h4-12,15,18H,13-14,16H2,1-3H3/t18-,25-/m0/s1. The molecule has 1 saturated heterocycles. The van der Waals surface area contributed by atoms with Crippen molar-refractivity contribution >= 4 is 29.1 Å². The number of hydrogen-bond acceptors (Lipinski definition) is 6. The van der Waals surface area contributed by atoms with E-state index in [1.807, 2.05) is 49.6 Å². The maximum Gasteiger partial charge on any atom is 0.241 e. The fraction of sp³-hybridized carbons (Fsp3) is 0.320. The molecule has 2 atom stereocenters. The summed E-state index contributed by atoms with van der Waals surface area (Å²) in [6.45, 7) is 3.96. The van der Waals surface area contributed by atoms with Crippen molar-refractivity contribution in [3.8, 4) is 0 Å². The number of benzene rings is 1. The Hall–Kier alpha value is -3.39. The van der Waals surface area contributed by atoms with Gasteiger partial charge in [0.05, 0.1) is 18.0 Å². The summed E-state index contributed by atoms with van der Waals surface area (Å²) in [4.78, 5) is 51.7. The number of rotatable bonds is 7. The molecule has 3 heterocycles. The zero-order valence-corrected chi connectivity index (χ0v) is 19.7. The first-order valence-corrected chi connectivity index (χ1v) is 11.7. The molecular weight excluding hydrogens is 436 g/mol. The number of imide groups is 1. The fourth-order valence-corrected chi connectivity index (χ4v) is 5.13. The summed E-state index contributed by atoms with van der Waals surface area (Å²) in [5.74, 6) is -0.824. The summed E-state index contributed by atoms with van der Waals surface area (Å²) in [6, 6.07) is 10.9. The molecule has 1 fully saturated rings. The van der Waals surface area contributed by atoms with Crippen LogP contribution in [0.3, 0.4) is 0 Å². The van der Waals surface area contributed by atoms with Crippen molar-refractivity contribution in [3.05, 3.63) is 82.1 Å². The molecular formula is C25H26N4O3S. The molecule has 1 aliphatic rings. The van der Waals surface area contributed by atoms with Gasteiger partial charge in [-0.1, -0.05) is 30.3 Å². The van der Waals surface area contributed by atoms with Crippen molar-refractivity contribution in [2.75, 3.05) is 7.05 Å². The van der Waals surface area contributed by atoms with Crippen LogP contribution in [0.4, 0.5) is 0 Å². The minimum absolute atomic E-state index is 0.0395. The van der Waals surface area contributed by atoms with E-state index in [0.29, 0.717) is 0 Å². The Bertz CT molecular complexity index is 1170. The molecule has 170 valence electrons. The van der Waals surface area contributed by atoms with Gasteiger partial charge in [0.15, 0.2) is 0 Å². The second-order valence-electron chi connectivity index (χ2n) is 8.45. The number of carbonyl (C=O) groups is 3. The second-order valence-corrected chi connectivity index (χ2v) is 9.37. The van der Waals surface area contributed by atoms with Crippen molar-refractivity contribution < 1.29 is 14.4 Å². The van der Waals surface area contributed by atoms with E-state index in [9.17, 15) is 14.4 Å². The topological polar surface area (TPSA) is 83.5 Å². The molecule has 0 unspecified atom stereocenters. The third-order valence-electron chi connectivity index (χ3n) is 6.37. The van der Waals surface area contributed by atoms with Crippen LogP contribution in [0.5, 0.6) is 0 Å². The Morgan fingerprint density at radius 2 is 2.00 bits per heavy atom. The van der Waals surface area contributed by atoms with Crippen molar-refractivity contribution in [2.45, 2.75) is 44.7 Å². The van der Waals surface area contributed by atoms with Gasteiger partial charge in [-0.05, 0) is 36.6 Å². The molecule has 0 saturated carbocycles. The van der Waals surface area contributed by atoms with Crippen LogP contribution in [0.2, 0.25) is 0 Å². The van der Waals surface area contributed by atoms with Gasteiger partial charge >= 0.3 is 0 Å². The van der Waals surface area contributed by atoms with Gasteiger partial charge in [-0.15, -0.1) is 11.3 Å². The van der Waals surface area contributed by atoms with Crippen LogP contribution in [-0.4, -0.2) is 44.5 Å². The van der Waals surface area contributed by atoms with E-state index in [4.69, 9.17) is 0 Å². The summed E-state index contributed by atoms with van der Waals surface area (Å²) in [6.07, 6.45) is 4.87. The molecule has 1 aliphatic heterocycles. The monoisotopic (exact) mass is 462 g/mol. The molecule has 33 heavy (non-hydrogen) atoms. The SMILES string of the molecule is Cc1ccccc1[C@]1(CC(=O)N(C)[C@@H](C)c2nccs2)CC(=O)N(Cc2cccnc2)C1=O. The molecule has 0 N–H and O–H groups in total. The van der Waals surface area contributed by atoms with E-state index < -0.39 is 5.41 Å². The van der Waals surface area contributed by atoms with Gasteiger partial charge in [0.25, 0.3) is 0 Å². The number of carbonyl (C=O) groups excluding carboxylic acids is 3. The van der Waals surface area contributed by atoms with Gasteiger partial charge in [-0.3, -0.25) is 24.3 Å². The van der Waals surface area contributed by atoms with Crippen molar-refractivity contribution in [1.29, 1.82) is 0 Å². The van der Waals surface area contributed by atoms with E-state index in [1.54, 1.807) is 36.6 Å². The molecule has 3 amide bonds. The first kappa shape index (κ1) is 22.8. The largest absolute Gasteiger partial charge is 0.337 e. The lowest BCUT2D eigenvalue weighted by Crippen LogP contribution is -2.43. The Balaban J connectivity index is 1.68. The third-order valence-corrected chi connectivity index (χ3v) is 7.31. The van der Waals surface area contributed by atoms with Gasteiger partial charge in [-0.25, -0.2) is 4.98 Å². The maximum atomic E-state index is 13.9. The van der Waals surface area contributed by atoms with Crippen LogP contribution in [0.1, 0.15) is 47.5 Å². The zero-order chi connectivity index (χ0) is 23.6. The van der Waals surface area contributed by atoms with Gasteiger partial charge in [0.1, 0.15) is 5.01 Å². The predicted molar refractivity (Wildman–Crippen MR) is 125 cm³/mol. The minimum atomic E-state index is -1.24. The first-order valence-electron chi connectivity index (χ1n) is 10.8. The van der Waals surface area contributed by atoms with E-state index in [-0.39, 0.29) is 43.1 Å². The number of amides is 3. The summed E-state index contributed by atoms with van der Waals surface area (Å²) < 4.78 is 0. The van der Waals surface area contributed by atoms with Crippen molar-refractivity contribution in [1.82, 2.24) is 19.8 Å². The number of aromatic nitrogens is 2. The van der Waals surface area contributed by atoms with Crippen LogP contribution < -0.4 is 0 Å². The summed E-state index contributed by atoms with van der Waals surface area (Å²) in [5, 5.41) is 2.69. The molecule has 4 rings (SSSR count). The van der Waals surface area contributed by atoms with Crippen molar-refractivity contribution in [2.24, 2.45) is 0 Å². The quantitative estimate of drug-likeness (QED) is 0.501. The van der Waals surface area contributed by atoms with E-state index >= 15 is 0 Å². The van der Waals surface area contributed by atoms with Crippen molar-refractivity contribution in [3.63, 3.8) is 0 Å². The molecule has 8 heteroatoms. The average molecular weight is 463 g/mol. The van der Waals surface area contributed by atoms with Crippen LogP contribution in [0, 0.1) is 6.92 Å². The van der Waals surface area contributed by atoms with Gasteiger partial charge < -0.3 is 4.90 Å². The molecule has 2 aromatic heterocycles. The number of hydrogen-bond donors (Lipinski definition) is 0. The summed E-state index contributed by atoms with van der Waals surface area (Å²) in [5.41, 5.74) is 1.13. The molecule has 7 nitrogen and oxygen atoms in total. The molecule has 1 aromatic carbocycles. The van der Waals surface area contributed by atoms with Gasteiger partial charge in [0, 0.05) is 43.9 Å². The molecule has 0 aliphatic carbocycles. The average Bonchev–Trinajstić information content (AvgIpc) is 3.43. The lowest BCUT2D eigenvalue weighted by molar-refractivity contribution is -0.143. The molecule has 0 radical (unpaired) electrons. The normalized spacial score (nSPS) is 19.1. The van der Waals surface area contributed by atoms with Gasteiger partial charge in [0.2, 0.25) is 17.7 Å². The third kappa shape index (κ3) is 4.30. The van der Waals surface area contributed by atoms with Gasteiger partial charge in [-0.2, -0.15) is 0 Å². The van der Waals surface area contributed by atoms with E-state index in [1.165, 1.54) is 16.2 Å². The molecule has 0 spiro atoms.